The molecule has 1 aromatic rings. The Hall–Kier alpha value is -1.90. The molecule has 0 fully saturated rings. The Kier molecular flexibility index (Phi) is 3.84. The van der Waals surface area contributed by atoms with Crippen molar-refractivity contribution in [3.63, 3.8) is 0 Å². The molecular formula is C16H18O3. The normalized spacial score (nSPS) is 23.2. The van der Waals surface area contributed by atoms with Crippen LogP contribution in [-0.2, 0) is 14.3 Å². The lowest BCUT2D eigenvalue weighted by molar-refractivity contribution is -0.143. The fourth-order valence-corrected chi connectivity index (χ4v) is 2.61. The molecule has 0 unspecified atom stereocenters. The van der Waals surface area contributed by atoms with Gasteiger partial charge in [0.25, 0.3) is 0 Å². The second-order valence-corrected chi connectivity index (χ2v) is 4.89. The third-order valence-electron chi connectivity index (χ3n) is 3.65. The number of cyclic esters (lactones) is 1. The van der Waals surface area contributed by atoms with Crippen molar-refractivity contribution in [3.8, 4) is 0 Å². The molecule has 0 aliphatic carbocycles. The van der Waals surface area contributed by atoms with E-state index in [9.17, 15) is 9.59 Å². The van der Waals surface area contributed by atoms with Crippen LogP contribution < -0.4 is 0 Å². The van der Waals surface area contributed by atoms with Gasteiger partial charge in [0.1, 0.15) is 5.76 Å². The lowest BCUT2D eigenvalue weighted by Gasteiger charge is -2.30. The first-order chi connectivity index (χ1) is 9.06. The van der Waals surface area contributed by atoms with Crippen LogP contribution in [0.2, 0.25) is 0 Å². The Balaban J connectivity index is 2.60. The molecule has 0 saturated heterocycles. The van der Waals surface area contributed by atoms with E-state index in [-0.39, 0.29) is 23.6 Å². The Labute approximate surface area is 113 Å². The van der Waals surface area contributed by atoms with Crippen LogP contribution in [0.4, 0.5) is 0 Å². The fraction of sp³-hybridized carbons (Fsp3) is 0.375. The van der Waals surface area contributed by atoms with E-state index in [2.05, 4.69) is 0 Å². The standard InChI is InChI=1S/C16H18O3/c1-4-13-10(2)16(18)19-15(14(13)11(3)17)12-8-6-5-7-9-12/h5-10,13H,4H2,1-3H3/t10-,13-/m1/s1. The average Bonchev–Trinajstić information content (AvgIpc) is 2.41. The average molecular weight is 258 g/mol. The second kappa shape index (κ2) is 5.39. The molecule has 0 spiro atoms. The molecule has 0 N–H and O–H groups in total. The molecule has 0 aromatic heterocycles. The van der Waals surface area contributed by atoms with E-state index in [1.165, 1.54) is 6.92 Å². The first-order valence-corrected chi connectivity index (χ1v) is 6.58. The summed E-state index contributed by atoms with van der Waals surface area (Å²) in [5.41, 5.74) is 1.42. The van der Waals surface area contributed by atoms with Crippen LogP contribution in [0.25, 0.3) is 5.76 Å². The van der Waals surface area contributed by atoms with Gasteiger partial charge in [-0.3, -0.25) is 9.59 Å². The van der Waals surface area contributed by atoms with Crippen molar-refractivity contribution in [2.24, 2.45) is 11.8 Å². The molecule has 2 rings (SSSR count). The highest BCUT2D eigenvalue weighted by atomic mass is 16.5. The summed E-state index contributed by atoms with van der Waals surface area (Å²) in [4.78, 5) is 23.9. The van der Waals surface area contributed by atoms with E-state index in [0.29, 0.717) is 11.3 Å². The number of rotatable bonds is 3. The van der Waals surface area contributed by atoms with Gasteiger partial charge in [-0.1, -0.05) is 44.2 Å². The summed E-state index contributed by atoms with van der Waals surface area (Å²) >= 11 is 0. The molecule has 1 aromatic carbocycles. The highest BCUT2D eigenvalue weighted by Crippen LogP contribution is 2.37. The van der Waals surface area contributed by atoms with Crippen molar-refractivity contribution in [2.45, 2.75) is 27.2 Å². The first kappa shape index (κ1) is 13.5. The van der Waals surface area contributed by atoms with E-state index in [1.807, 2.05) is 44.2 Å². The van der Waals surface area contributed by atoms with E-state index in [1.54, 1.807) is 0 Å². The third-order valence-corrected chi connectivity index (χ3v) is 3.65. The van der Waals surface area contributed by atoms with Gasteiger partial charge in [-0.05, 0) is 13.3 Å². The summed E-state index contributed by atoms with van der Waals surface area (Å²) in [6.07, 6.45) is 0.752. The maximum absolute atomic E-state index is 12.0. The molecule has 1 aliphatic heterocycles. The molecule has 1 heterocycles. The summed E-state index contributed by atoms with van der Waals surface area (Å²) in [7, 11) is 0. The maximum Gasteiger partial charge on any atom is 0.314 e. The topological polar surface area (TPSA) is 43.4 Å². The Morgan fingerprint density at radius 3 is 2.42 bits per heavy atom. The Morgan fingerprint density at radius 2 is 1.89 bits per heavy atom. The van der Waals surface area contributed by atoms with Gasteiger partial charge in [-0.15, -0.1) is 0 Å². The number of hydrogen-bond donors (Lipinski definition) is 0. The predicted molar refractivity (Wildman–Crippen MR) is 73.1 cm³/mol. The van der Waals surface area contributed by atoms with Crippen molar-refractivity contribution in [1.29, 1.82) is 0 Å². The summed E-state index contributed by atoms with van der Waals surface area (Å²) in [5.74, 6) is -0.172. The molecule has 19 heavy (non-hydrogen) atoms. The van der Waals surface area contributed by atoms with Crippen LogP contribution in [0.15, 0.2) is 35.9 Å². The second-order valence-electron chi connectivity index (χ2n) is 4.89. The molecule has 3 heteroatoms. The lowest BCUT2D eigenvalue weighted by atomic mass is 9.80. The predicted octanol–water partition coefficient (Wildman–Crippen LogP) is 3.21. The minimum Gasteiger partial charge on any atom is -0.425 e. The van der Waals surface area contributed by atoms with Gasteiger partial charge in [0.15, 0.2) is 5.78 Å². The molecule has 2 atom stereocenters. The van der Waals surface area contributed by atoms with Gasteiger partial charge >= 0.3 is 5.97 Å². The zero-order valence-electron chi connectivity index (χ0n) is 11.5. The van der Waals surface area contributed by atoms with Gasteiger partial charge in [0, 0.05) is 17.1 Å². The quantitative estimate of drug-likeness (QED) is 0.782. The zero-order valence-corrected chi connectivity index (χ0v) is 11.5. The monoisotopic (exact) mass is 258 g/mol. The van der Waals surface area contributed by atoms with Crippen molar-refractivity contribution >= 4 is 17.5 Å². The molecule has 0 amide bonds. The number of benzene rings is 1. The minimum atomic E-state index is -0.267. The van der Waals surface area contributed by atoms with E-state index in [4.69, 9.17) is 4.74 Å². The van der Waals surface area contributed by atoms with Gasteiger partial charge in [0.05, 0.1) is 5.92 Å². The number of ketones is 1. The van der Waals surface area contributed by atoms with Crippen molar-refractivity contribution < 1.29 is 14.3 Å². The number of allylic oxidation sites excluding steroid dienone is 1. The summed E-state index contributed by atoms with van der Waals surface area (Å²) < 4.78 is 5.41. The zero-order chi connectivity index (χ0) is 14.0. The minimum absolute atomic E-state index is 0.0231. The van der Waals surface area contributed by atoms with Crippen LogP contribution in [0.5, 0.6) is 0 Å². The number of carbonyl (C=O) groups is 2. The van der Waals surface area contributed by atoms with Gasteiger partial charge < -0.3 is 4.74 Å². The number of carbonyl (C=O) groups excluding carboxylic acids is 2. The molecule has 0 bridgehead atoms. The summed E-state index contributed by atoms with van der Waals surface area (Å²) in [6, 6.07) is 9.34. The molecule has 0 radical (unpaired) electrons. The largest absolute Gasteiger partial charge is 0.425 e. The fourth-order valence-electron chi connectivity index (χ4n) is 2.61. The lowest BCUT2D eigenvalue weighted by Crippen LogP contribution is -2.32. The number of ether oxygens (including phenoxy) is 1. The van der Waals surface area contributed by atoms with Gasteiger partial charge in [-0.25, -0.2) is 0 Å². The highest BCUT2D eigenvalue weighted by Gasteiger charge is 2.37. The van der Waals surface area contributed by atoms with Crippen LogP contribution in [0.1, 0.15) is 32.8 Å². The highest BCUT2D eigenvalue weighted by molar-refractivity contribution is 6.04. The van der Waals surface area contributed by atoms with Crippen LogP contribution >= 0.6 is 0 Å². The first-order valence-electron chi connectivity index (χ1n) is 6.58. The van der Waals surface area contributed by atoms with Crippen LogP contribution in [0.3, 0.4) is 0 Å². The smallest absolute Gasteiger partial charge is 0.314 e. The molecule has 3 nitrogen and oxygen atoms in total. The SMILES string of the molecule is CC[C@H]1C(C(C)=O)=C(c2ccccc2)OC(=O)[C@@H]1C. The van der Waals surface area contributed by atoms with E-state index >= 15 is 0 Å². The Bertz CT molecular complexity index is 528. The van der Waals surface area contributed by atoms with E-state index in [0.717, 1.165) is 12.0 Å². The molecular weight excluding hydrogens is 240 g/mol. The van der Waals surface area contributed by atoms with Crippen molar-refractivity contribution in [1.82, 2.24) is 0 Å². The number of Topliss-reactive ketones (excluding diaryl/α,β-unsaturated/α-hetero) is 1. The number of esters is 1. The maximum atomic E-state index is 12.0. The molecule has 0 saturated carbocycles. The van der Waals surface area contributed by atoms with Crippen LogP contribution in [-0.4, -0.2) is 11.8 Å². The number of hydrogen-bond acceptors (Lipinski definition) is 3. The third kappa shape index (κ3) is 2.46. The van der Waals surface area contributed by atoms with Crippen molar-refractivity contribution in [3.05, 3.63) is 41.5 Å². The Morgan fingerprint density at radius 1 is 1.26 bits per heavy atom. The summed E-state index contributed by atoms with van der Waals surface area (Å²) in [5, 5.41) is 0. The molecule has 1 aliphatic rings. The summed E-state index contributed by atoms with van der Waals surface area (Å²) in [6.45, 7) is 5.35. The molecule has 100 valence electrons. The van der Waals surface area contributed by atoms with Crippen LogP contribution in [0, 0.1) is 11.8 Å². The van der Waals surface area contributed by atoms with Gasteiger partial charge in [0.2, 0.25) is 0 Å². The van der Waals surface area contributed by atoms with Gasteiger partial charge in [-0.2, -0.15) is 0 Å². The van der Waals surface area contributed by atoms with E-state index < -0.39 is 0 Å². The van der Waals surface area contributed by atoms with Crippen molar-refractivity contribution in [2.75, 3.05) is 0 Å².